The molecule has 0 radical (unpaired) electrons. The predicted molar refractivity (Wildman–Crippen MR) is 63.6 cm³/mol. The molecule has 2 heteroatoms. The van der Waals surface area contributed by atoms with Gasteiger partial charge in [-0.1, -0.05) is 37.3 Å². The molecular weight excluding hydrogens is 204 g/mol. The van der Waals surface area contributed by atoms with Crippen LogP contribution in [-0.2, 0) is 6.42 Å². The molecule has 0 spiro atoms. The van der Waals surface area contributed by atoms with Gasteiger partial charge in [0.05, 0.1) is 4.88 Å². The van der Waals surface area contributed by atoms with E-state index in [4.69, 9.17) is 0 Å². The van der Waals surface area contributed by atoms with Gasteiger partial charge < -0.3 is 0 Å². The molecule has 0 aliphatic carbocycles. The zero-order chi connectivity index (χ0) is 10.7. The lowest BCUT2D eigenvalue weighted by Crippen LogP contribution is -2.00. The third-order valence-electron chi connectivity index (χ3n) is 2.37. The van der Waals surface area contributed by atoms with Crippen molar-refractivity contribution in [3.63, 3.8) is 0 Å². The Balaban J connectivity index is 2.37. The van der Waals surface area contributed by atoms with Gasteiger partial charge in [-0.3, -0.25) is 4.79 Å². The first-order valence-electron chi connectivity index (χ1n) is 4.99. The molecule has 0 aliphatic heterocycles. The van der Waals surface area contributed by atoms with E-state index in [0.717, 1.165) is 22.4 Å². The van der Waals surface area contributed by atoms with Gasteiger partial charge in [-0.25, -0.2) is 0 Å². The van der Waals surface area contributed by atoms with Crippen LogP contribution in [0.1, 0.15) is 27.7 Å². The molecule has 0 saturated carbocycles. The summed E-state index contributed by atoms with van der Waals surface area (Å²) >= 11 is 1.53. The molecule has 1 aromatic heterocycles. The summed E-state index contributed by atoms with van der Waals surface area (Å²) < 4.78 is 0. The highest BCUT2D eigenvalue weighted by atomic mass is 32.1. The third-order valence-corrected chi connectivity index (χ3v) is 3.33. The summed E-state index contributed by atoms with van der Waals surface area (Å²) in [5.74, 6) is 0.141. The highest BCUT2D eigenvalue weighted by Gasteiger charge is 2.13. The van der Waals surface area contributed by atoms with Gasteiger partial charge in [-0.15, -0.1) is 11.3 Å². The fraction of sp³-hybridized carbons (Fsp3) is 0.154. The van der Waals surface area contributed by atoms with Crippen molar-refractivity contribution >= 4 is 17.1 Å². The molecular formula is C13H12OS. The fourth-order valence-corrected chi connectivity index (χ4v) is 2.49. The van der Waals surface area contributed by atoms with Gasteiger partial charge in [0.2, 0.25) is 5.78 Å². The van der Waals surface area contributed by atoms with E-state index in [1.54, 1.807) is 0 Å². The van der Waals surface area contributed by atoms with E-state index >= 15 is 0 Å². The highest BCUT2D eigenvalue weighted by Crippen LogP contribution is 2.21. The van der Waals surface area contributed by atoms with Gasteiger partial charge in [0.25, 0.3) is 0 Å². The quantitative estimate of drug-likeness (QED) is 0.717. The lowest BCUT2D eigenvalue weighted by molar-refractivity contribution is 0.104. The molecule has 0 atom stereocenters. The standard InChI is InChI=1S/C13H12OS/c1-2-10-8-9-15-13(10)12(14)11-6-4-3-5-7-11/h3-9H,2H2,1H3. The van der Waals surface area contributed by atoms with E-state index in [-0.39, 0.29) is 5.78 Å². The van der Waals surface area contributed by atoms with E-state index in [2.05, 4.69) is 6.92 Å². The minimum atomic E-state index is 0.141. The van der Waals surface area contributed by atoms with Crippen molar-refractivity contribution in [2.24, 2.45) is 0 Å². The van der Waals surface area contributed by atoms with E-state index in [9.17, 15) is 4.79 Å². The topological polar surface area (TPSA) is 17.1 Å². The smallest absolute Gasteiger partial charge is 0.203 e. The number of rotatable bonds is 3. The van der Waals surface area contributed by atoms with Crippen molar-refractivity contribution in [2.75, 3.05) is 0 Å². The SMILES string of the molecule is CCc1ccsc1C(=O)c1ccccc1. The van der Waals surface area contributed by atoms with Crippen molar-refractivity contribution in [1.29, 1.82) is 0 Å². The second-order valence-electron chi connectivity index (χ2n) is 3.32. The molecule has 2 rings (SSSR count). The second-order valence-corrected chi connectivity index (χ2v) is 4.24. The lowest BCUT2D eigenvalue weighted by Gasteiger charge is -2.00. The van der Waals surface area contributed by atoms with Crippen molar-refractivity contribution in [1.82, 2.24) is 0 Å². The van der Waals surface area contributed by atoms with Crippen LogP contribution in [0.5, 0.6) is 0 Å². The van der Waals surface area contributed by atoms with Crippen LogP contribution in [0.4, 0.5) is 0 Å². The molecule has 1 heterocycles. The number of hydrogen-bond donors (Lipinski definition) is 0. The first-order valence-corrected chi connectivity index (χ1v) is 5.87. The average molecular weight is 216 g/mol. The molecule has 76 valence electrons. The van der Waals surface area contributed by atoms with Gasteiger partial charge in [-0.05, 0) is 23.4 Å². The summed E-state index contributed by atoms with van der Waals surface area (Å²) in [5, 5.41) is 1.98. The number of carbonyl (C=O) groups excluding carboxylic acids is 1. The molecule has 0 saturated heterocycles. The molecule has 0 N–H and O–H groups in total. The maximum atomic E-state index is 12.1. The number of ketones is 1. The highest BCUT2D eigenvalue weighted by molar-refractivity contribution is 7.12. The van der Waals surface area contributed by atoms with Crippen LogP contribution in [0, 0.1) is 0 Å². The molecule has 1 aromatic carbocycles. The van der Waals surface area contributed by atoms with Gasteiger partial charge >= 0.3 is 0 Å². The van der Waals surface area contributed by atoms with Crippen LogP contribution in [0.3, 0.4) is 0 Å². The Hall–Kier alpha value is -1.41. The van der Waals surface area contributed by atoms with E-state index in [0.29, 0.717) is 0 Å². The zero-order valence-electron chi connectivity index (χ0n) is 8.57. The maximum Gasteiger partial charge on any atom is 0.203 e. The van der Waals surface area contributed by atoms with Crippen LogP contribution < -0.4 is 0 Å². The van der Waals surface area contributed by atoms with Gasteiger partial charge in [0.1, 0.15) is 0 Å². The number of hydrogen-bond acceptors (Lipinski definition) is 2. The van der Waals surface area contributed by atoms with Gasteiger partial charge in [0.15, 0.2) is 0 Å². The Kier molecular flexibility index (Phi) is 2.97. The molecule has 0 fully saturated rings. The van der Waals surface area contributed by atoms with Crippen molar-refractivity contribution in [2.45, 2.75) is 13.3 Å². The monoisotopic (exact) mass is 216 g/mol. The first kappa shape index (κ1) is 10.1. The van der Waals surface area contributed by atoms with Crippen molar-refractivity contribution < 1.29 is 4.79 Å². The third kappa shape index (κ3) is 2.00. The van der Waals surface area contributed by atoms with Gasteiger partial charge in [-0.2, -0.15) is 0 Å². The fourth-order valence-electron chi connectivity index (χ4n) is 1.53. The maximum absolute atomic E-state index is 12.1. The minimum absolute atomic E-state index is 0.141. The summed E-state index contributed by atoms with van der Waals surface area (Å²) in [6.45, 7) is 2.07. The predicted octanol–water partition coefficient (Wildman–Crippen LogP) is 3.54. The average Bonchev–Trinajstić information content (AvgIpc) is 2.77. The van der Waals surface area contributed by atoms with Crippen LogP contribution >= 0.6 is 11.3 Å². The Morgan fingerprint density at radius 3 is 2.60 bits per heavy atom. The number of benzene rings is 1. The molecule has 1 nitrogen and oxygen atoms in total. The lowest BCUT2D eigenvalue weighted by atomic mass is 10.1. The Morgan fingerprint density at radius 1 is 1.20 bits per heavy atom. The van der Waals surface area contributed by atoms with Crippen LogP contribution in [-0.4, -0.2) is 5.78 Å². The van der Waals surface area contributed by atoms with Crippen molar-refractivity contribution in [3.8, 4) is 0 Å². The van der Waals surface area contributed by atoms with Crippen molar-refractivity contribution in [3.05, 3.63) is 57.8 Å². The van der Waals surface area contributed by atoms with Crippen LogP contribution in [0.2, 0.25) is 0 Å². The summed E-state index contributed by atoms with van der Waals surface area (Å²) in [4.78, 5) is 13.0. The Labute approximate surface area is 93.4 Å². The summed E-state index contributed by atoms with van der Waals surface area (Å²) in [6, 6.07) is 11.5. The number of aryl methyl sites for hydroxylation is 1. The number of thiophene rings is 1. The Morgan fingerprint density at radius 2 is 1.93 bits per heavy atom. The van der Waals surface area contributed by atoms with E-state index in [1.807, 2.05) is 41.8 Å². The largest absolute Gasteiger partial charge is 0.288 e. The first-order chi connectivity index (χ1) is 7.33. The normalized spacial score (nSPS) is 10.2. The molecule has 15 heavy (non-hydrogen) atoms. The minimum Gasteiger partial charge on any atom is -0.288 e. The molecule has 0 aliphatic rings. The van der Waals surface area contributed by atoms with E-state index < -0.39 is 0 Å². The van der Waals surface area contributed by atoms with Gasteiger partial charge in [0, 0.05) is 5.56 Å². The number of carbonyl (C=O) groups is 1. The molecule has 2 aromatic rings. The molecule has 0 unspecified atom stereocenters. The molecule has 0 bridgehead atoms. The zero-order valence-corrected chi connectivity index (χ0v) is 9.38. The summed E-state index contributed by atoms with van der Waals surface area (Å²) in [5.41, 5.74) is 1.92. The summed E-state index contributed by atoms with van der Waals surface area (Å²) in [6.07, 6.45) is 0.914. The Bertz CT molecular complexity index is 456. The molecule has 0 amide bonds. The van der Waals surface area contributed by atoms with Crippen LogP contribution in [0.15, 0.2) is 41.8 Å². The second kappa shape index (κ2) is 4.41. The summed E-state index contributed by atoms with van der Waals surface area (Å²) in [7, 11) is 0. The van der Waals surface area contributed by atoms with E-state index in [1.165, 1.54) is 11.3 Å². The van der Waals surface area contributed by atoms with Crippen LogP contribution in [0.25, 0.3) is 0 Å².